The van der Waals surface area contributed by atoms with Crippen molar-refractivity contribution in [1.29, 1.82) is 0 Å². The quantitative estimate of drug-likeness (QED) is 0.422. The Kier molecular flexibility index (Phi) is 5.27. The first-order chi connectivity index (χ1) is 15.9. The SMILES string of the molecule is CC(=O)N1NC(c2c(-c3ccccc3)c3cc(Cl)ccc3[nH]c2=O)=C[C@@H]1c1ccccc1C. The van der Waals surface area contributed by atoms with Crippen molar-refractivity contribution in [2.45, 2.75) is 19.9 Å². The molecule has 164 valence electrons. The van der Waals surface area contributed by atoms with Gasteiger partial charge in [0.2, 0.25) is 5.91 Å². The maximum absolute atomic E-state index is 13.4. The van der Waals surface area contributed by atoms with Gasteiger partial charge in [-0.1, -0.05) is 66.2 Å². The van der Waals surface area contributed by atoms with Crippen molar-refractivity contribution in [1.82, 2.24) is 15.4 Å². The molecule has 1 aromatic heterocycles. The summed E-state index contributed by atoms with van der Waals surface area (Å²) >= 11 is 6.34. The standard InChI is InChI=1S/C27H22ClN3O2/c1-16-8-6-7-11-20(16)24-15-23(30-31(24)17(2)32)26-25(18-9-4-3-5-10-18)21-14-19(28)12-13-22(21)29-27(26)33/h3-15,24,30H,1-2H3,(H,29,33)/t24-/m1/s1. The average Bonchev–Trinajstić information content (AvgIpc) is 3.24. The van der Waals surface area contributed by atoms with Gasteiger partial charge in [0, 0.05) is 28.4 Å². The molecule has 0 aliphatic carbocycles. The number of fused-ring (bicyclic) bond motifs is 1. The Hall–Kier alpha value is -3.83. The first-order valence-electron chi connectivity index (χ1n) is 10.7. The Morgan fingerprint density at radius 1 is 0.970 bits per heavy atom. The summed E-state index contributed by atoms with van der Waals surface area (Å²) in [5.74, 6) is -0.143. The van der Waals surface area contributed by atoms with Gasteiger partial charge in [0.15, 0.2) is 0 Å². The number of hydrogen-bond donors (Lipinski definition) is 2. The molecule has 0 bridgehead atoms. The summed E-state index contributed by atoms with van der Waals surface area (Å²) in [6.45, 7) is 3.53. The van der Waals surface area contributed by atoms with Crippen molar-refractivity contribution in [2.75, 3.05) is 0 Å². The Morgan fingerprint density at radius 3 is 2.42 bits per heavy atom. The number of halogens is 1. The van der Waals surface area contributed by atoms with E-state index in [9.17, 15) is 9.59 Å². The zero-order chi connectivity index (χ0) is 23.1. The van der Waals surface area contributed by atoms with E-state index in [1.54, 1.807) is 11.1 Å². The molecule has 2 N–H and O–H groups in total. The molecule has 5 nitrogen and oxygen atoms in total. The number of nitrogens with one attached hydrogen (secondary N) is 2. The molecule has 0 radical (unpaired) electrons. The highest BCUT2D eigenvalue weighted by Gasteiger charge is 2.32. The Morgan fingerprint density at radius 2 is 1.70 bits per heavy atom. The van der Waals surface area contributed by atoms with E-state index >= 15 is 0 Å². The highest BCUT2D eigenvalue weighted by atomic mass is 35.5. The summed E-state index contributed by atoms with van der Waals surface area (Å²) in [5, 5.41) is 2.97. The van der Waals surface area contributed by atoms with E-state index in [1.165, 1.54) is 6.92 Å². The van der Waals surface area contributed by atoms with Crippen LogP contribution in [0.2, 0.25) is 5.02 Å². The fraction of sp³-hybridized carbons (Fsp3) is 0.111. The third kappa shape index (κ3) is 3.70. The van der Waals surface area contributed by atoms with Crippen LogP contribution in [-0.4, -0.2) is 15.9 Å². The number of nitrogens with zero attached hydrogens (tertiary/aromatic N) is 1. The molecule has 1 aliphatic heterocycles. The first kappa shape index (κ1) is 21.0. The third-order valence-corrected chi connectivity index (χ3v) is 6.23. The largest absolute Gasteiger partial charge is 0.321 e. The highest BCUT2D eigenvalue weighted by molar-refractivity contribution is 6.31. The van der Waals surface area contributed by atoms with E-state index in [0.717, 1.165) is 27.6 Å². The van der Waals surface area contributed by atoms with E-state index in [1.807, 2.05) is 79.7 Å². The number of pyridine rings is 1. The lowest BCUT2D eigenvalue weighted by Crippen LogP contribution is -2.38. The second kappa shape index (κ2) is 8.26. The number of hydrazine groups is 1. The Labute approximate surface area is 196 Å². The summed E-state index contributed by atoms with van der Waals surface area (Å²) in [6, 6.07) is 22.8. The molecule has 0 saturated heterocycles. The highest BCUT2D eigenvalue weighted by Crippen LogP contribution is 2.38. The Balaban J connectivity index is 1.79. The van der Waals surface area contributed by atoms with Gasteiger partial charge in [-0.25, -0.2) is 5.01 Å². The van der Waals surface area contributed by atoms with Crippen molar-refractivity contribution in [3.8, 4) is 11.1 Å². The smallest absolute Gasteiger partial charge is 0.258 e. The summed E-state index contributed by atoms with van der Waals surface area (Å²) in [5.41, 5.74) is 8.44. The molecule has 0 saturated carbocycles. The van der Waals surface area contributed by atoms with Gasteiger partial charge < -0.3 is 4.98 Å². The summed E-state index contributed by atoms with van der Waals surface area (Å²) in [4.78, 5) is 28.9. The number of H-pyrrole nitrogens is 1. The van der Waals surface area contributed by atoms with Crippen LogP contribution in [0.1, 0.15) is 29.7 Å². The number of aryl methyl sites for hydroxylation is 1. The van der Waals surface area contributed by atoms with Crippen LogP contribution < -0.4 is 11.0 Å². The predicted molar refractivity (Wildman–Crippen MR) is 133 cm³/mol. The van der Waals surface area contributed by atoms with Crippen LogP contribution in [0.4, 0.5) is 0 Å². The molecule has 0 fully saturated rings. The van der Waals surface area contributed by atoms with E-state index in [4.69, 9.17) is 11.6 Å². The van der Waals surface area contributed by atoms with E-state index < -0.39 is 0 Å². The van der Waals surface area contributed by atoms with Crippen LogP contribution in [0.15, 0.2) is 83.7 Å². The average molecular weight is 456 g/mol. The maximum Gasteiger partial charge on any atom is 0.258 e. The van der Waals surface area contributed by atoms with Crippen LogP contribution >= 0.6 is 11.6 Å². The minimum absolute atomic E-state index is 0.143. The maximum atomic E-state index is 13.4. The predicted octanol–water partition coefficient (Wildman–Crippen LogP) is 5.61. The molecule has 1 aliphatic rings. The molecule has 1 atom stereocenters. The lowest BCUT2D eigenvalue weighted by molar-refractivity contribution is -0.132. The fourth-order valence-electron chi connectivity index (χ4n) is 4.46. The molecule has 3 aromatic carbocycles. The van der Waals surface area contributed by atoms with Crippen LogP contribution in [0, 0.1) is 6.92 Å². The van der Waals surface area contributed by atoms with Gasteiger partial charge in [-0.15, -0.1) is 0 Å². The van der Waals surface area contributed by atoms with E-state index in [-0.39, 0.29) is 17.5 Å². The van der Waals surface area contributed by atoms with Gasteiger partial charge in [-0.2, -0.15) is 0 Å². The molecule has 6 heteroatoms. The second-order valence-corrected chi connectivity index (χ2v) is 8.58. The minimum Gasteiger partial charge on any atom is -0.321 e. The molecule has 0 spiro atoms. The Bertz CT molecular complexity index is 1470. The molecule has 33 heavy (non-hydrogen) atoms. The number of amides is 1. The normalized spacial score (nSPS) is 15.4. The van der Waals surface area contributed by atoms with E-state index in [0.29, 0.717) is 21.8 Å². The topological polar surface area (TPSA) is 65.2 Å². The van der Waals surface area contributed by atoms with Gasteiger partial charge in [0.05, 0.1) is 17.3 Å². The number of carbonyl (C=O) groups is 1. The summed E-state index contributed by atoms with van der Waals surface area (Å²) in [7, 11) is 0. The lowest BCUT2D eigenvalue weighted by Gasteiger charge is -2.25. The second-order valence-electron chi connectivity index (χ2n) is 8.14. The minimum atomic E-state index is -0.336. The van der Waals surface area contributed by atoms with E-state index in [2.05, 4.69) is 10.4 Å². The van der Waals surface area contributed by atoms with Crippen molar-refractivity contribution in [3.63, 3.8) is 0 Å². The van der Waals surface area contributed by atoms with Crippen LogP contribution in [-0.2, 0) is 4.79 Å². The number of aromatic amines is 1. The molecule has 5 rings (SSSR count). The van der Waals surface area contributed by atoms with Crippen LogP contribution in [0.3, 0.4) is 0 Å². The number of aromatic nitrogens is 1. The number of rotatable bonds is 3. The fourth-order valence-corrected chi connectivity index (χ4v) is 4.63. The van der Waals surface area contributed by atoms with Crippen molar-refractivity contribution >= 4 is 34.1 Å². The molecular weight excluding hydrogens is 434 g/mol. The lowest BCUT2D eigenvalue weighted by atomic mass is 9.93. The van der Waals surface area contributed by atoms with Crippen molar-refractivity contribution < 1.29 is 4.79 Å². The third-order valence-electron chi connectivity index (χ3n) is 6.00. The van der Waals surface area contributed by atoms with Crippen LogP contribution in [0.25, 0.3) is 27.7 Å². The summed E-state index contributed by atoms with van der Waals surface area (Å²) in [6.07, 6.45) is 1.94. The first-order valence-corrected chi connectivity index (χ1v) is 11.1. The van der Waals surface area contributed by atoms with Gasteiger partial charge in [-0.3, -0.25) is 15.0 Å². The molecule has 0 unspecified atom stereocenters. The molecule has 4 aromatic rings. The number of benzene rings is 3. The number of carbonyl (C=O) groups excluding carboxylic acids is 1. The monoisotopic (exact) mass is 455 g/mol. The van der Waals surface area contributed by atoms with Gasteiger partial charge in [0.1, 0.15) is 0 Å². The number of hydrogen-bond acceptors (Lipinski definition) is 3. The van der Waals surface area contributed by atoms with Crippen LogP contribution in [0.5, 0.6) is 0 Å². The van der Waals surface area contributed by atoms with Crippen molar-refractivity contribution in [3.05, 3.63) is 111 Å². The van der Waals surface area contributed by atoms with Gasteiger partial charge in [0.25, 0.3) is 5.56 Å². The zero-order valence-corrected chi connectivity index (χ0v) is 19.0. The molecule has 1 amide bonds. The molecular formula is C27H22ClN3O2. The zero-order valence-electron chi connectivity index (χ0n) is 18.2. The molecule has 2 heterocycles. The van der Waals surface area contributed by atoms with Gasteiger partial charge >= 0.3 is 0 Å². The van der Waals surface area contributed by atoms with Gasteiger partial charge in [-0.05, 0) is 47.9 Å². The summed E-state index contributed by atoms with van der Waals surface area (Å²) < 4.78 is 0. The van der Waals surface area contributed by atoms with Crippen molar-refractivity contribution in [2.24, 2.45) is 0 Å².